The number of H-pyrrole nitrogens is 1. The Labute approximate surface area is 255 Å². The summed E-state index contributed by atoms with van der Waals surface area (Å²) in [5, 5.41) is 0.882. The highest BCUT2D eigenvalue weighted by molar-refractivity contribution is 5.90. The van der Waals surface area contributed by atoms with E-state index in [1.807, 2.05) is 49.2 Å². The first-order chi connectivity index (χ1) is 21.1. The van der Waals surface area contributed by atoms with E-state index >= 15 is 0 Å². The van der Waals surface area contributed by atoms with Gasteiger partial charge >= 0.3 is 6.18 Å². The van der Waals surface area contributed by atoms with E-state index in [2.05, 4.69) is 26.7 Å². The lowest BCUT2D eigenvalue weighted by molar-refractivity contribution is -0.138. The summed E-state index contributed by atoms with van der Waals surface area (Å²) in [5.41, 5.74) is 3.72. The van der Waals surface area contributed by atoms with Crippen LogP contribution in [-0.2, 0) is 30.4 Å². The third-order valence-electron chi connectivity index (χ3n) is 8.98. The number of piperazine rings is 1. The van der Waals surface area contributed by atoms with Crippen LogP contribution in [0.15, 0.2) is 54.7 Å². The largest absolute Gasteiger partial charge is 0.456 e. The minimum Gasteiger partial charge on any atom is -0.456 e. The number of carbonyl (C=O) groups excluding carboxylic acids is 1. The molecule has 1 saturated heterocycles. The van der Waals surface area contributed by atoms with E-state index in [0.717, 1.165) is 60.7 Å². The first kappa shape index (κ1) is 30.1. The molecule has 10 heteroatoms. The van der Waals surface area contributed by atoms with Crippen molar-refractivity contribution in [3.8, 4) is 11.5 Å². The molecule has 4 aromatic rings. The number of hydrogen-bond acceptors (Lipinski definition) is 6. The summed E-state index contributed by atoms with van der Waals surface area (Å²) < 4.78 is 48.7. The third kappa shape index (κ3) is 6.32. The number of carbonyl (C=O) groups is 1. The average molecular weight is 606 g/mol. The maximum atomic E-state index is 14.2. The van der Waals surface area contributed by atoms with Gasteiger partial charge in [0.25, 0.3) is 0 Å². The molecule has 2 aromatic heterocycles. The Balaban J connectivity index is 1.17. The molecule has 4 heterocycles. The van der Waals surface area contributed by atoms with E-state index in [4.69, 9.17) is 4.74 Å². The maximum absolute atomic E-state index is 14.2. The molecule has 232 valence electrons. The van der Waals surface area contributed by atoms with E-state index in [0.29, 0.717) is 29.9 Å². The number of likely N-dealkylation sites (N-methyl/N-ethyl adjacent to an activating group) is 2. The molecular formula is C34H38F3N5O2. The first-order valence-corrected chi connectivity index (χ1v) is 15.2. The Bertz CT molecular complexity index is 1660. The summed E-state index contributed by atoms with van der Waals surface area (Å²) in [6.45, 7) is 8.46. The highest BCUT2D eigenvalue weighted by atomic mass is 19.4. The number of nitrogens with one attached hydrogen (secondary N) is 1. The number of fused-ring (bicyclic) bond motifs is 2. The molecular weight excluding hydrogens is 567 g/mol. The van der Waals surface area contributed by atoms with E-state index in [9.17, 15) is 18.0 Å². The van der Waals surface area contributed by atoms with Crippen LogP contribution in [-0.4, -0.2) is 71.4 Å². The van der Waals surface area contributed by atoms with Gasteiger partial charge in [-0.05, 0) is 67.3 Å². The van der Waals surface area contributed by atoms with Crippen LogP contribution < -0.4 is 9.64 Å². The molecule has 44 heavy (non-hydrogen) atoms. The van der Waals surface area contributed by atoms with Crippen LogP contribution in [0.25, 0.3) is 11.0 Å². The number of aromatic nitrogens is 2. The van der Waals surface area contributed by atoms with Gasteiger partial charge in [-0.25, -0.2) is 4.98 Å². The fourth-order valence-electron chi connectivity index (χ4n) is 6.49. The summed E-state index contributed by atoms with van der Waals surface area (Å²) in [6, 6.07) is 13.6. The van der Waals surface area contributed by atoms with Crippen molar-refractivity contribution in [3.05, 3.63) is 82.7 Å². The van der Waals surface area contributed by atoms with Gasteiger partial charge in [-0.15, -0.1) is 0 Å². The SMILES string of the molecule is CCN1CCN(Cc2ccc(CC(=O)C3CCc4ccc(Oc5ccnc6[nH]c(C)cc56)cc4N3C)cc2C(F)(F)F)CC1. The Morgan fingerprint density at radius 3 is 2.57 bits per heavy atom. The number of hydrogen-bond donors (Lipinski definition) is 1. The van der Waals surface area contributed by atoms with Gasteiger partial charge in [0.05, 0.1) is 17.0 Å². The molecule has 1 N–H and O–H groups in total. The Morgan fingerprint density at radius 2 is 1.82 bits per heavy atom. The minimum absolute atomic E-state index is 0.0547. The second-order valence-corrected chi connectivity index (χ2v) is 11.9. The quantitative estimate of drug-likeness (QED) is 0.252. The van der Waals surface area contributed by atoms with Gasteiger partial charge in [0, 0.05) is 69.8 Å². The number of Topliss-reactive ketones (excluding diaryl/α,β-unsaturated/α-hetero) is 1. The highest BCUT2D eigenvalue weighted by Gasteiger charge is 2.35. The van der Waals surface area contributed by atoms with Gasteiger partial charge in [-0.1, -0.05) is 25.1 Å². The molecule has 1 fully saturated rings. The van der Waals surface area contributed by atoms with E-state index in [-0.39, 0.29) is 24.3 Å². The molecule has 0 bridgehead atoms. The van der Waals surface area contributed by atoms with Gasteiger partial charge in [0.15, 0.2) is 5.78 Å². The van der Waals surface area contributed by atoms with Crippen LogP contribution in [0.5, 0.6) is 11.5 Å². The zero-order chi connectivity index (χ0) is 31.0. The molecule has 2 aliphatic heterocycles. The second kappa shape index (κ2) is 12.2. The predicted molar refractivity (Wildman–Crippen MR) is 165 cm³/mol. The van der Waals surface area contributed by atoms with Crippen LogP contribution in [0.1, 0.15) is 41.3 Å². The summed E-state index contributed by atoms with van der Waals surface area (Å²) >= 11 is 0. The number of rotatable bonds is 8. The summed E-state index contributed by atoms with van der Waals surface area (Å²) in [5.74, 6) is 1.22. The first-order valence-electron chi connectivity index (χ1n) is 15.2. The number of ketones is 1. The second-order valence-electron chi connectivity index (χ2n) is 11.9. The smallest absolute Gasteiger partial charge is 0.416 e. The number of pyridine rings is 1. The van der Waals surface area contributed by atoms with Crippen LogP contribution in [0, 0.1) is 6.92 Å². The van der Waals surface area contributed by atoms with Gasteiger partial charge in [0.1, 0.15) is 17.1 Å². The molecule has 1 unspecified atom stereocenters. The number of halogens is 3. The van der Waals surface area contributed by atoms with Gasteiger partial charge in [-0.3, -0.25) is 9.69 Å². The van der Waals surface area contributed by atoms with Crippen LogP contribution in [0.2, 0.25) is 0 Å². The lowest BCUT2D eigenvalue weighted by Crippen LogP contribution is -2.45. The summed E-state index contributed by atoms with van der Waals surface area (Å²) in [6.07, 6.45) is -1.55. The van der Waals surface area contributed by atoms with Gasteiger partial charge < -0.3 is 19.5 Å². The molecule has 1 atom stereocenters. The van der Waals surface area contributed by atoms with Crippen LogP contribution >= 0.6 is 0 Å². The molecule has 0 amide bonds. The number of alkyl halides is 3. The van der Waals surface area contributed by atoms with Crippen molar-refractivity contribution in [2.45, 2.75) is 51.9 Å². The number of benzene rings is 2. The van der Waals surface area contributed by atoms with Gasteiger partial charge in [-0.2, -0.15) is 13.2 Å². The molecule has 6 rings (SSSR count). The minimum atomic E-state index is -4.49. The van der Waals surface area contributed by atoms with Crippen LogP contribution in [0.4, 0.5) is 18.9 Å². The maximum Gasteiger partial charge on any atom is 0.416 e. The van der Waals surface area contributed by atoms with E-state index in [1.165, 1.54) is 6.07 Å². The lowest BCUT2D eigenvalue weighted by atomic mass is 9.90. The van der Waals surface area contributed by atoms with E-state index < -0.39 is 17.8 Å². The summed E-state index contributed by atoms with van der Waals surface area (Å²) in [4.78, 5) is 27.4. The fourth-order valence-corrected chi connectivity index (χ4v) is 6.49. The number of aromatic amines is 1. The molecule has 0 spiro atoms. The fraction of sp³-hybridized carbons (Fsp3) is 0.412. The number of anilines is 1. The Kier molecular flexibility index (Phi) is 8.39. The monoisotopic (exact) mass is 605 g/mol. The zero-order valence-corrected chi connectivity index (χ0v) is 25.4. The lowest BCUT2D eigenvalue weighted by Gasteiger charge is -2.35. The average Bonchev–Trinajstić information content (AvgIpc) is 3.39. The van der Waals surface area contributed by atoms with Crippen molar-refractivity contribution in [2.75, 3.05) is 44.7 Å². The van der Waals surface area contributed by atoms with Crippen molar-refractivity contribution < 1.29 is 22.7 Å². The Hall–Kier alpha value is -3.89. The van der Waals surface area contributed by atoms with Crippen molar-refractivity contribution >= 4 is 22.5 Å². The topological polar surface area (TPSA) is 64.7 Å². The third-order valence-corrected chi connectivity index (χ3v) is 8.98. The highest BCUT2D eigenvalue weighted by Crippen LogP contribution is 2.37. The standard InChI is InChI=1S/C34H38F3N5O2/c1-4-41-13-15-42(16-14-41)21-25-6-5-23(18-28(25)34(35,36)37)19-31(43)29-10-8-24-7-9-26(20-30(24)40(29)3)44-32-11-12-38-33-27(32)17-22(2)39-33/h5-7,9,11-12,17-18,20,29H,4,8,10,13-16,19,21H2,1-3H3,(H,38,39). The number of ether oxygens (including phenoxy) is 1. The number of nitrogens with zero attached hydrogens (tertiary/aromatic N) is 4. The van der Waals surface area contributed by atoms with Crippen LogP contribution in [0.3, 0.4) is 0 Å². The van der Waals surface area contributed by atoms with Crippen molar-refractivity contribution in [1.29, 1.82) is 0 Å². The molecule has 0 aliphatic carbocycles. The van der Waals surface area contributed by atoms with E-state index in [1.54, 1.807) is 18.3 Å². The zero-order valence-electron chi connectivity index (χ0n) is 25.4. The molecule has 7 nitrogen and oxygen atoms in total. The summed E-state index contributed by atoms with van der Waals surface area (Å²) in [7, 11) is 1.87. The predicted octanol–water partition coefficient (Wildman–Crippen LogP) is 6.38. The molecule has 2 aromatic carbocycles. The van der Waals surface area contributed by atoms with Crippen molar-refractivity contribution in [3.63, 3.8) is 0 Å². The number of aryl methyl sites for hydroxylation is 2. The molecule has 2 aliphatic rings. The molecule has 0 radical (unpaired) electrons. The molecule has 0 saturated carbocycles. The normalized spacial score (nSPS) is 18.0. The van der Waals surface area contributed by atoms with Crippen molar-refractivity contribution in [2.24, 2.45) is 0 Å². The Morgan fingerprint density at radius 1 is 1.05 bits per heavy atom. The van der Waals surface area contributed by atoms with Crippen molar-refractivity contribution in [1.82, 2.24) is 19.8 Å². The van der Waals surface area contributed by atoms with Gasteiger partial charge in [0.2, 0.25) is 0 Å².